The van der Waals surface area contributed by atoms with Crippen LogP contribution in [0.15, 0.2) is 11.8 Å². The molecule has 11 heteroatoms. The van der Waals surface area contributed by atoms with Crippen molar-refractivity contribution >= 4 is 18.0 Å². The summed E-state index contributed by atoms with van der Waals surface area (Å²) in [6.45, 7) is 9.84. The van der Waals surface area contributed by atoms with Crippen LogP contribution < -0.4 is 10.6 Å². The molecular formula is C20H32N2O9. The molecule has 3 N–H and O–H groups in total. The van der Waals surface area contributed by atoms with Crippen molar-refractivity contribution in [2.45, 2.75) is 83.3 Å². The van der Waals surface area contributed by atoms with E-state index >= 15 is 0 Å². The van der Waals surface area contributed by atoms with Gasteiger partial charge in [-0.2, -0.15) is 0 Å². The molecule has 2 rings (SSSR count). The van der Waals surface area contributed by atoms with Crippen LogP contribution in [0.3, 0.4) is 0 Å². The number of rotatable bonds is 5. The second-order valence-electron chi connectivity index (χ2n) is 8.86. The van der Waals surface area contributed by atoms with E-state index in [1.54, 1.807) is 34.6 Å². The van der Waals surface area contributed by atoms with Crippen molar-refractivity contribution in [2.75, 3.05) is 13.7 Å². The number of hydrogen-bond donors (Lipinski definition) is 3. The highest BCUT2D eigenvalue weighted by atomic mass is 16.7. The minimum atomic E-state index is -1.31. The number of alkyl carbamates (subject to hydrolysis) is 1. The molecule has 31 heavy (non-hydrogen) atoms. The lowest BCUT2D eigenvalue weighted by atomic mass is 9.92. The van der Waals surface area contributed by atoms with E-state index in [4.69, 9.17) is 23.7 Å². The zero-order valence-electron chi connectivity index (χ0n) is 18.9. The molecule has 1 saturated heterocycles. The van der Waals surface area contributed by atoms with Crippen LogP contribution in [0.2, 0.25) is 0 Å². The van der Waals surface area contributed by atoms with Gasteiger partial charge in [0.1, 0.15) is 23.9 Å². The van der Waals surface area contributed by atoms with Gasteiger partial charge in [-0.15, -0.1) is 0 Å². The van der Waals surface area contributed by atoms with Crippen molar-refractivity contribution in [1.29, 1.82) is 0 Å². The highest BCUT2D eigenvalue weighted by molar-refractivity contribution is 5.87. The topological polar surface area (TPSA) is 142 Å². The fourth-order valence-corrected chi connectivity index (χ4v) is 3.31. The molecule has 176 valence electrons. The SMILES string of the molecule is COC(=O)C1=C[C@H](NC(=O)OC(C)(C)C)[C@H](NC(C)=O)C(C(O)C2COC(C)(C)O2)O1. The number of carbonyl (C=O) groups excluding carboxylic acids is 3. The Kier molecular flexibility index (Phi) is 7.56. The fourth-order valence-electron chi connectivity index (χ4n) is 3.31. The van der Waals surface area contributed by atoms with Crippen LogP contribution in [0.1, 0.15) is 41.5 Å². The Morgan fingerprint density at radius 3 is 2.39 bits per heavy atom. The van der Waals surface area contributed by atoms with Crippen molar-refractivity contribution in [3.8, 4) is 0 Å². The number of esters is 1. The monoisotopic (exact) mass is 444 g/mol. The first kappa shape index (κ1) is 24.9. The number of hydrogen-bond acceptors (Lipinski definition) is 9. The van der Waals surface area contributed by atoms with Crippen molar-refractivity contribution < 1.29 is 43.2 Å². The van der Waals surface area contributed by atoms with E-state index in [1.807, 2.05) is 0 Å². The number of nitrogens with one attached hydrogen (secondary N) is 2. The van der Waals surface area contributed by atoms with E-state index in [2.05, 4.69) is 10.6 Å². The molecule has 2 heterocycles. The summed E-state index contributed by atoms with van der Waals surface area (Å²) >= 11 is 0. The van der Waals surface area contributed by atoms with E-state index in [-0.39, 0.29) is 12.4 Å². The maximum Gasteiger partial charge on any atom is 0.408 e. The largest absolute Gasteiger partial charge is 0.478 e. The standard InChI is InChI=1S/C20H32N2O9/c1-10(23)21-14-11(22-18(26)31-19(2,3)4)8-12(17(25)27-7)29-16(14)15(24)13-9-28-20(5,6)30-13/h8,11,13-16,24H,9H2,1-7H3,(H,21,23)(H,22,26)/t11-,13?,14-,15?,16?/m0/s1. The molecule has 5 atom stereocenters. The number of ether oxygens (including phenoxy) is 5. The van der Waals surface area contributed by atoms with Crippen LogP contribution in [-0.2, 0) is 33.3 Å². The van der Waals surface area contributed by atoms with E-state index < -0.39 is 59.8 Å². The predicted molar refractivity (Wildman–Crippen MR) is 107 cm³/mol. The average molecular weight is 444 g/mol. The Hall–Kier alpha value is -2.37. The zero-order valence-corrected chi connectivity index (χ0v) is 18.9. The van der Waals surface area contributed by atoms with Gasteiger partial charge in [-0.05, 0) is 40.7 Å². The first-order valence-electron chi connectivity index (χ1n) is 9.95. The van der Waals surface area contributed by atoms with E-state index in [1.165, 1.54) is 20.1 Å². The molecule has 2 aliphatic heterocycles. The van der Waals surface area contributed by atoms with Crippen LogP contribution in [-0.4, -0.2) is 78.6 Å². The molecule has 0 bridgehead atoms. The number of carbonyl (C=O) groups is 3. The van der Waals surface area contributed by atoms with Crippen LogP contribution in [0.5, 0.6) is 0 Å². The van der Waals surface area contributed by atoms with Gasteiger partial charge < -0.3 is 39.4 Å². The summed E-state index contributed by atoms with van der Waals surface area (Å²) in [5.74, 6) is -2.38. The predicted octanol–water partition coefficient (Wildman–Crippen LogP) is 0.353. The van der Waals surface area contributed by atoms with Crippen molar-refractivity contribution in [3.63, 3.8) is 0 Å². The first-order valence-corrected chi connectivity index (χ1v) is 9.95. The third-order valence-electron chi connectivity index (χ3n) is 4.52. The number of methoxy groups -OCH3 is 1. The second-order valence-corrected chi connectivity index (χ2v) is 8.86. The summed E-state index contributed by atoms with van der Waals surface area (Å²) in [5, 5.41) is 16.3. The van der Waals surface area contributed by atoms with E-state index in [0.29, 0.717) is 0 Å². The number of aliphatic hydroxyl groups is 1. The first-order chi connectivity index (χ1) is 14.2. The maximum atomic E-state index is 12.4. The van der Waals surface area contributed by atoms with Gasteiger partial charge in [0.05, 0.1) is 25.8 Å². The molecule has 0 saturated carbocycles. The van der Waals surface area contributed by atoms with Gasteiger partial charge in [0.25, 0.3) is 0 Å². The molecular weight excluding hydrogens is 412 g/mol. The Bertz CT molecular complexity index is 729. The normalized spacial score (nSPS) is 28.6. The van der Waals surface area contributed by atoms with Crippen LogP contribution in [0.25, 0.3) is 0 Å². The quantitative estimate of drug-likeness (QED) is 0.512. The maximum absolute atomic E-state index is 12.4. The van der Waals surface area contributed by atoms with Gasteiger partial charge >= 0.3 is 12.1 Å². The fraction of sp³-hybridized carbons (Fsp3) is 0.750. The summed E-state index contributed by atoms with van der Waals surface area (Å²) in [7, 11) is 1.17. The minimum Gasteiger partial charge on any atom is -0.478 e. The smallest absolute Gasteiger partial charge is 0.408 e. The Morgan fingerprint density at radius 1 is 1.26 bits per heavy atom. The van der Waals surface area contributed by atoms with Gasteiger partial charge in [0.15, 0.2) is 5.79 Å². The van der Waals surface area contributed by atoms with Gasteiger partial charge in [-0.3, -0.25) is 4.79 Å². The molecule has 11 nitrogen and oxygen atoms in total. The van der Waals surface area contributed by atoms with Crippen molar-refractivity contribution in [3.05, 3.63) is 11.8 Å². The highest BCUT2D eigenvalue weighted by Gasteiger charge is 2.48. The summed E-state index contributed by atoms with van der Waals surface area (Å²) < 4.78 is 26.9. The van der Waals surface area contributed by atoms with Crippen molar-refractivity contribution in [1.82, 2.24) is 10.6 Å². The molecule has 3 unspecified atom stereocenters. The summed E-state index contributed by atoms with van der Waals surface area (Å²) in [5.41, 5.74) is -0.771. The second kappa shape index (κ2) is 9.41. The Balaban J connectivity index is 2.36. The lowest BCUT2D eigenvalue weighted by Gasteiger charge is -2.40. The zero-order chi connectivity index (χ0) is 23.6. The van der Waals surface area contributed by atoms with Crippen LogP contribution in [0, 0.1) is 0 Å². The molecule has 0 aromatic carbocycles. The van der Waals surface area contributed by atoms with Crippen LogP contribution >= 0.6 is 0 Å². The average Bonchev–Trinajstić information content (AvgIpc) is 2.99. The van der Waals surface area contributed by atoms with E-state index in [9.17, 15) is 19.5 Å². The molecule has 1 fully saturated rings. The Labute approximate surface area is 181 Å². The molecule has 2 aliphatic rings. The molecule has 0 aliphatic carbocycles. The van der Waals surface area contributed by atoms with Gasteiger partial charge in [-0.1, -0.05) is 0 Å². The summed E-state index contributed by atoms with van der Waals surface area (Å²) in [6, 6.07) is -1.89. The minimum absolute atomic E-state index is 0.0717. The lowest BCUT2D eigenvalue weighted by Crippen LogP contribution is -2.63. The third-order valence-corrected chi connectivity index (χ3v) is 4.52. The lowest BCUT2D eigenvalue weighted by molar-refractivity contribution is -0.169. The number of aliphatic hydroxyl groups excluding tert-OH is 1. The van der Waals surface area contributed by atoms with Crippen molar-refractivity contribution in [2.24, 2.45) is 0 Å². The summed E-state index contributed by atoms with van der Waals surface area (Å²) in [6.07, 6.45) is -2.74. The molecule has 0 aromatic rings. The molecule has 0 radical (unpaired) electrons. The van der Waals surface area contributed by atoms with Gasteiger partial charge in [0, 0.05) is 6.92 Å². The molecule has 0 spiro atoms. The van der Waals surface area contributed by atoms with E-state index in [0.717, 1.165) is 0 Å². The third kappa shape index (κ3) is 6.81. The number of amides is 2. The molecule has 0 aromatic heterocycles. The summed E-state index contributed by atoms with van der Waals surface area (Å²) in [4.78, 5) is 36.4. The van der Waals surface area contributed by atoms with Gasteiger partial charge in [-0.25, -0.2) is 9.59 Å². The van der Waals surface area contributed by atoms with Gasteiger partial charge in [0.2, 0.25) is 11.7 Å². The molecule has 2 amide bonds. The van der Waals surface area contributed by atoms with Crippen LogP contribution in [0.4, 0.5) is 4.79 Å². The Morgan fingerprint density at radius 2 is 1.90 bits per heavy atom. The highest BCUT2D eigenvalue weighted by Crippen LogP contribution is 2.30.